The molecule has 1 saturated heterocycles. The molecule has 0 bridgehead atoms. The molecular weight excluding hydrogens is 202 g/mol. The minimum Gasteiger partial charge on any atom is -0.297 e. The Morgan fingerprint density at radius 2 is 1.57 bits per heavy atom. The number of carbonyl (C=O) groups excluding carboxylic acids is 1. The van der Waals surface area contributed by atoms with Crippen LogP contribution in [0, 0.1) is 0 Å². The van der Waals surface area contributed by atoms with Gasteiger partial charge in [0.05, 0.1) is 11.5 Å². The lowest BCUT2D eigenvalue weighted by Crippen LogP contribution is -1.98. The Hall–Kier alpha value is -1.10. The molecule has 0 radical (unpaired) electrons. The van der Waals surface area contributed by atoms with Gasteiger partial charge < -0.3 is 0 Å². The van der Waals surface area contributed by atoms with Crippen LogP contribution in [-0.2, 0) is 14.6 Å². The molecule has 1 aromatic rings. The minimum atomic E-state index is -2.55. The van der Waals surface area contributed by atoms with Crippen molar-refractivity contribution in [2.24, 2.45) is 0 Å². The number of sulfone groups is 1. The minimum absolute atomic E-state index is 0.424. The van der Waals surface area contributed by atoms with Crippen LogP contribution >= 0.6 is 0 Å². The highest BCUT2D eigenvalue weighted by Crippen LogP contribution is 2.08. The molecule has 0 amide bonds. The van der Waals surface area contributed by atoms with Gasteiger partial charge >= 0.3 is 0 Å². The van der Waals surface area contributed by atoms with Crippen molar-refractivity contribution < 1.29 is 13.2 Å². The van der Waals surface area contributed by atoms with E-state index in [0.717, 1.165) is 19.3 Å². The third-order valence-corrected chi connectivity index (χ3v) is 3.73. The molecule has 14 heavy (non-hydrogen) atoms. The van der Waals surface area contributed by atoms with Gasteiger partial charge in [0.15, 0.2) is 0 Å². The topological polar surface area (TPSA) is 56.1 Å². The zero-order chi connectivity index (χ0) is 10.4. The second-order valence-corrected chi connectivity index (χ2v) is 5.40. The molecule has 2 rings (SSSR count). The summed E-state index contributed by atoms with van der Waals surface area (Å²) < 4.78 is 22.3. The summed E-state index contributed by atoms with van der Waals surface area (Å²) in [6, 6.07) is 3.60. The fourth-order valence-electron chi connectivity index (χ4n) is 1.16. The van der Waals surface area contributed by atoms with E-state index >= 15 is 0 Å². The fourth-order valence-corrected chi connectivity index (χ4v) is 2.66. The molecule has 1 fully saturated rings. The van der Waals surface area contributed by atoms with Crippen molar-refractivity contribution in [2.45, 2.75) is 12.8 Å². The van der Waals surface area contributed by atoms with Crippen molar-refractivity contribution in [3.05, 3.63) is 24.5 Å². The third kappa shape index (κ3) is 3.74. The first kappa shape index (κ1) is 11.0. The average Bonchev–Trinajstić information content (AvgIpc) is 2.76. The molecular formula is C9H13NO3S. The number of nitrogens with zero attached hydrogens (tertiary/aromatic N) is 1. The molecule has 0 N–H and O–H groups in total. The van der Waals surface area contributed by atoms with Crippen LogP contribution in [0.5, 0.6) is 0 Å². The highest BCUT2D eigenvalue weighted by molar-refractivity contribution is 7.91. The van der Waals surface area contributed by atoms with Gasteiger partial charge in [0.25, 0.3) is 0 Å². The molecule has 0 aromatic carbocycles. The molecule has 4 nitrogen and oxygen atoms in total. The Bertz CT molecular complexity index is 355. The molecule has 78 valence electrons. The van der Waals surface area contributed by atoms with E-state index in [4.69, 9.17) is 0 Å². The van der Waals surface area contributed by atoms with Crippen LogP contribution in [0.1, 0.15) is 12.8 Å². The van der Waals surface area contributed by atoms with Crippen LogP contribution in [0.3, 0.4) is 0 Å². The van der Waals surface area contributed by atoms with Crippen LogP contribution in [0.25, 0.3) is 0 Å². The van der Waals surface area contributed by atoms with E-state index in [2.05, 4.69) is 0 Å². The number of carbonyl (C=O) groups is 1. The van der Waals surface area contributed by atoms with E-state index in [9.17, 15) is 13.2 Å². The van der Waals surface area contributed by atoms with E-state index in [1.807, 2.05) is 0 Å². The van der Waals surface area contributed by atoms with Crippen LogP contribution < -0.4 is 0 Å². The first-order valence-corrected chi connectivity index (χ1v) is 6.24. The zero-order valence-electron chi connectivity index (χ0n) is 7.80. The van der Waals surface area contributed by atoms with Gasteiger partial charge in [-0.3, -0.25) is 9.36 Å². The summed E-state index contributed by atoms with van der Waals surface area (Å²) in [4.78, 5) is 9.83. The normalized spacial score (nSPS) is 18.3. The fraction of sp³-hybridized carbons (Fsp3) is 0.444. The molecule has 0 spiro atoms. The smallest absolute Gasteiger partial charge is 0.217 e. The van der Waals surface area contributed by atoms with Crippen molar-refractivity contribution in [1.82, 2.24) is 4.57 Å². The SMILES string of the molecule is O=Cn1cccc1.O=S1(=O)CCCC1. The summed E-state index contributed by atoms with van der Waals surface area (Å²) in [6.07, 6.45) is 5.88. The van der Waals surface area contributed by atoms with Gasteiger partial charge in [-0.15, -0.1) is 0 Å². The Balaban J connectivity index is 0.000000140. The molecule has 1 aliphatic heterocycles. The van der Waals surface area contributed by atoms with Gasteiger partial charge in [0.2, 0.25) is 6.41 Å². The predicted molar refractivity (Wildman–Crippen MR) is 54.5 cm³/mol. The Kier molecular flexibility index (Phi) is 3.88. The van der Waals surface area contributed by atoms with Crippen molar-refractivity contribution in [2.75, 3.05) is 11.5 Å². The third-order valence-electron chi connectivity index (χ3n) is 1.91. The number of aromatic nitrogens is 1. The van der Waals surface area contributed by atoms with Crippen molar-refractivity contribution in [3.63, 3.8) is 0 Å². The van der Waals surface area contributed by atoms with Gasteiger partial charge in [-0.2, -0.15) is 0 Å². The molecule has 0 atom stereocenters. The maximum Gasteiger partial charge on any atom is 0.217 e. The van der Waals surface area contributed by atoms with E-state index in [0.29, 0.717) is 11.5 Å². The monoisotopic (exact) mass is 215 g/mol. The van der Waals surface area contributed by atoms with E-state index < -0.39 is 9.84 Å². The molecule has 1 aliphatic rings. The summed E-state index contributed by atoms with van der Waals surface area (Å²) in [5, 5.41) is 0. The predicted octanol–water partition coefficient (Wildman–Crippen LogP) is 0.721. The molecule has 2 heterocycles. The van der Waals surface area contributed by atoms with E-state index in [-0.39, 0.29) is 0 Å². The number of hydrogen-bond acceptors (Lipinski definition) is 3. The highest BCUT2D eigenvalue weighted by atomic mass is 32.2. The number of rotatable bonds is 1. The standard InChI is InChI=1S/C5H5NO.C4H8O2S/c7-5-6-3-1-2-4-6;5-7(6)3-1-2-4-7/h1-5H;1-4H2. The summed E-state index contributed by atoms with van der Waals surface area (Å²) in [5.74, 6) is 0.847. The molecule has 1 aromatic heterocycles. The van der Waals surface area contributed by atoms with Gasteiger partial charge in [0.1, 0.15) is 9.84 Å². The zero-order valence-corrected chi connectivity index (χ0v) is 8.61. The van der Waals surface area contributed by atoms with E-state index in [1.165, 1.54) is 4.57 Å². The number of hydrogen-bond donors (Lipinski definition) is 0. The highest BCUT2D eigenvalue weighted by Gasteiger charge is 2.16. The lowest BCUT2D eigenvalue weighted by molar-refractivity contribution is 0.547. The van der Waals surface area contributed by atoms with Gasteiger partial charge in [-0.1, -0.05) is 0 Å². The lowest BCUT2D eigenvalue weighted by Gasteiger charge is -1.81. The summed E-state index contributed by atoms with van der Waals surface area (Å²) >= 11 is 0. The van der Waals surface area contributed by atoms with Crippen molar-refractivity contribution in [1.29, 1.82) is 0 Å². The second-order valence-electron chi connectivity index (χ2n) is 3.09. The summed E-state index contributed by atoms with van der Waals surface area (Å²) in [6.45, 7) is 0. The van der Waals surface area contributed by atoms with Gasteiger partial charge in [-0.25, -0.2) is 8.42 Å². The largest absolute Gasteiger partial charge is 0.297 e. The Labute approximate surface area is 83.5 Å². The van der Waals surface area contributed by atoms with E-state index in [1.54, 1.807) is 24.5 Å². The van der Waals surface area contributed by atoms with Crippen LogP contribution in [-0.4, -0.2) is 30.9 Å². The Morgan fingerprint density at radius 3 is 1.79 bits per heavy atom. The molecule has 0 unspecified atom stereocenters. The maximum absolute atomic E-state index is 10.4. The van der Waals surface area contributed by atoms with Gasteiger partial charge in [-0.05, 0) is 25.0 Å². The second kappa shape index (κ2) is 4.95. The molecule has 0 aliphatic carbocycles. The summed E-state index contributed by atoms with van der Waals surface area (Å²) in [7, 11) is -2.55. The quantitative estimate of drug-likeness (QED) is 0.649. The first-order valence-electron chi connectivity index (χ1n) is 4.42. The van der Waals surface area contributed by atoms with Crippen LogP contribution in [0.15, 0.2) is 24.5 Å². The maximum atomic E-state index is 10.4. The Morgan fingerprint density at radius 1 is 1.07 bits per heavy atom. The van der Waals surface area contributed by atoms with Gasteiger partial charge in [0, 0.05) is 12.4 Å². The van der Waals surface area contributed by atoms with Crippen LogP contribution in [0.4, 0.5) is 0 Å². The molecule has 5 heteroatoms. The average molecular weight is 215 g/mol. The summed E-state index contributed by atoms with van der Waals surface area (Å²) in [5.41, 5.74) is 0. The first-order chi connectivity index (χ1) is 6.64. The lowest BCUT2D eigenvalue weighted by atomic mass is 10.4. The van der Waals surface area contributed by atoms with Crippen LogP contribution in [0.2, 0.25) is 0 Å². The van der Waals surface area contributed by atoms with Crippen molar-refractivity contribution >= 4 is 16.2 Å². The van der Waals surface area contributed by atoms with Crippen molar-refractivity contribution in [3.8, 4) is 0 Å². The molecule has 0 saturated carbocycles.